The van der Waals surface area contributed by atoms with Crippen molar-refractivity contribution in [1.82, 2.24) is 9.55 Å². The summed E-state index contributed by atoms with van der Waals surface area (Å²) < 4.78 is 2.22. The van der Waals surface area contributed by atoms with Crippen LogP contribution in [0, 0.1) is 5.92 Å². The predicted molar refractivity (Wildman–Crippen MR) is 75.1 cm³/mol. The normalized spacial score (nSPS) is 12.8. The molecule has 17 heavy (non-hydrogen) atoms. The molecule has 0 radical (unpaired) electrons. The largest absolute Gasteiger partial charge is 0.393 e. The molecule has 3 nitrogen and oxygen atoms in total. The number of hydrogen-bond donors (Lipinski definition) is 1. The van der Waals surface area contributed by atoms with E-state index in [2.05, 4.69) is 29.5 Å². The van der Waals surface area contributed by atoms with Crippen molar-refractivity contribution >= 4 is 28.2 Å². The van der Waals surface area contributed by atoms with E-state index in [0.29, 0.717) is 4.99 Å². The summed E-state index contributed by atoms with van der Waals surface area (Å²) in [5, 5.41) is 0. The second-order valence-electron chi connectivity index (χ2n) is 4.28. The molecule has 1 unspecified atom stereocenters. The van der Waals surface area contributed by atoms with Crippen molar-refractivity contribution in [3.63, 3.8) is 0 Å². The van der Waals surface area contributed by atoms with Gasteiger partial charge in [0.1, 0.15) is 5.82 Å². The minimum Gasteiger partial charge on any atom is -0.393 e. The predicted octanol–water partition coefficient (Wildman–Crippen LogP) is 2.52. The highest BCUT2D eigenvalue weighted by molar-refractivity contribution is 7.80. The summed E-state index contributed by atoms with van der Waals surface area (Å²) >= 11 is 5.04. The molecule has 0 aliphatic heterocycles. The molecule has 2 aromatic rings. The molecular formula is C13H17N3S. The second-order valence-corrected chi connectivity index (χ2v) is 4.76. The minimum atomic E-state index is 0.188. The molecule has 4 heteroatoms. The van der Waals surface area contributed by atoms with Crippen LogP contribution in [0.5, 0.6) is 0 Å². The standard InChI is InChI=1S/C13H17N3S/c1-3-12-15-10-6-4-5-7-11(10)16(12)8-9(2)13(14)17/h4-7,9H,3,8H2,1-2H3,(H2,14,17). The second kappa shape index (κ2) is 4.84. The van der Waals surface area contributed by atoms with Crippen molar-refractivity contribution in [2.75, 3.05) is 0 Å². The molecule has 90 valence electrons. The number of hydrogen-bond acceptors (Lipinski definition) is 2. The molecule has 0 spiro atoms. The number of benzene rings is 1. The van der Waals surface area contributed by atoms with Crippen LogP contribution < -0.4 is 5.73 Å². The zero-order valence-corrected chi connectivity index (χ0v) is 11.0. The van der Waals surface area contributed by atoms with Crippen LogP contribution in [0.3, 0.4) is 0 Å². The SMILES string of the molecule is CCc1nc2ccccc2n1CC(C)C(N)=S. The summed E-state index contributed by atoms with van der Waals surface area (Å²) in [6.07, 6.45) is 0.915. The molecule has 2 rings (SSSR count). The lowest BCUT2D eigenvalue weighted by molar-refractivity contribution is 0.589. The van der Waals surface area contributed by atoms with Gasteiger partial charge in [0.25, 0.3) is 0 Å². The zero-order chi connectivity index (χ0) is 12.4. The molecule has 1 heterocycles. The quantitative estimate of drug-likeness (QED) is 0.844. The highest BCUT2D eigenvalue weighted by Crippen LogP contribution is 2.18. The number of nitrogens with zero attached hydrogens (tertiary/aromatic N) is 2. The first-order valence-electron chi connectivity index (χ1n) is 5.87. The number of aromatic nitrogens is 2. The van der Waals surface area contributed by atoms with Gasteiger partial charge in [-0.25, -0.2) is 4.98 Å². The van der Waals surface area contributed by atoms with E-state index in [1.165, 1.54) is 0 Å². The molecular weight excluding hydrogens is 230 g/mol. The van der Waals surface area contributed by atoms with Crippen LogP contribution in [-0.2, 0) is 13.0 Å². The topological polar surface area (TPSA) is 43.8 Å². The van der Waals surface area contributed by atoms with Crippen LogP contribution in [0.15, 0.2) is 24.3 Å². The molecule has 0 aliphatic carbocycles. The number of aryl methyl sites for hydroxylation is 1. The average molecular weight is 247 g/mol. The van der Waals surface area contributed by atoms with E-state index in [0.717, 1.165) is 29.8 Å². The first-order valence-corrected chi connectivity index (χ1v) is 6.27. The smallest absolute Gasteiger partial charge is 0.109 e. The first-order chi connectivity index (χ1) is 8.13. The van der Waals surface area contributed by atoms with Crippen molar-refractivity contribution < 1.29 is 0 Å². The summed E-state index contributed by atoms with van der Waals surface area (Å²) in [5.41, 5.74) is 7.89. The maximum atomic E-state index is 5.69. The van der Waals surface area contributed by atoms with Gasteiger partial charge in [-0.3, -0.25) is 0 Å². The summed E-state index contributed by atoms with van der Waals surface area (Å²) in [5.74, 6) is 1.28. The molecule has 0 fully saturated rings. The van der Waals surface area contributed by atoms with Gasteiger partial charge in [0.2, 0.25) is 0 Å². The number of fused-ring (bicyclic) bond motifs is 1. The summed E-state index contributed by atoms with van der Waals surface area (Å²) in [7, 11) is 0. The monoisotopic (exact) mass is 247 g/mol. The van der Waals surface area contributed by atoms with Crippen LogP contribution in [0.4, 0.5) is 0 Å². The Morgan fingerprint density at radius 2 is 2.18 bits per heavy atom. The van der Waals surface area contributed by atoms with E-state index < -0.39 is 0 Å². The van der Waals surface area contributed by atoms with Crippen LogP contribution in [0.1, 0.15) is 19.7 Å². The van der Waals surface area contributed by atoms with Gasteiger partial charge >= 0.3 is 0 Å². The van der Waals surface area contributed by atoms with Crippen LogP contribution in [0.2, 0.25) is 0 Å². The lowest BCUT2D eigenvalue weighted by Gasteiger charge is -2.13. The fraction of sp³-hybridized carbons (Fsp3) is 0.385. The van der Waals surface area contributed by atoms with Gasteiger partial charge < -0.3 is 10.3 Å². The Morgan fingerprint density at radius 1 is 1.47 bits per heavy atom. The third-order valence-electron chi connectivity index (χ3n) is 2.99. The molecule has 0 saturated carbocycles. The number of para-hydroxylation sites is 2. The molecule has 0 aliphatic rings. The van der Waals surface area contributed by atoms with E-state index in [1.807, 2.05) is 18.2 Å². The lowest BCUT2D eigenvalue weighted by Crippen LogP contribution is -2.23. The average Bonchev–Trinajstić information content (AvgIpc) is 2.67. The van der Waals surface area contributed by atoms with Gasteiger partial charge in [-0.15, -0.1) is 0 Å². The van der Waals surface area contributed by atoms with Gasteiger partial charge in [-0.05, 0) is 12.1 Å². The Labute approximate surface area is 107 Å². The van der Waals surface area contributed by atoms with Crippen molar-refractivity contribution in [2.24, 2.45) is 11.7 Å². The van der Waals surface area contributed by atoms with Crippen molar-refractivity contribution in [3.8, 4) is 0 Å². The Kier molecular flexibility index (Phi) is 3.43. The van der Waals surface area contributed by atoms with Crippen LogP contribution in [-0.4, -0.2) is 14.5 Å². The number of thiocarbonyl (C=S) groups is 1. The van der Waals surface area contributed by atoms with Gasteiger partial charge in [0, 0.05) is 18.9 Å². The number of imidazole rings is 1. The number of rotatable bonds is 4. The first kappa shape index (κ1) is 12.0. The highest BCUT2D eigenvalue weighted by atomic mass is 32.1. The van der Waals surface area contributed by atoms with E-state index >= 15 is 0 Å². The molecule has 1 atom stereocenters. The van der Waals surface area contributed by atoms with Gasteiger partial charge in [0.05, 0.1) is 16.0 Å². The zero-order valence-electron chi connectivity index (χ0n) is 10.2. The molecule has 1 aromatic heterocycles. The fourth-order valence-corrected chi connectivity index (χ4v) is 2.04. The van der Waals surface area contributed by atoms with Gasteiger partial charge in [0.15, 0.2) is 0 Å². The Morgan fingerprint density at radius 3 is 2.82 bits per heavy atom. The van der Waals surface area contributed by atoms with E-state index in [4.69, 9.17) is 18.0 Å². The van der Waals surface area contributed by atoms with Crippen molar-refractivity contribution in [1.29, 1.82) is 0 Å². The van der Waals surface area contributed by atoms with Gasteiger partial charge in [-0.1, -0.05) is 38.2 Å². The maximum Gasteiger partial charge on any atom is 0.109 e. The fourth-order valence-electron chi connectivity index (χ4n) is 1.96. The molecule has 0 amide bonds. The Bertz CT molecular complexity index is 545. The van der Waals surface area contributed by atoms with Crippen molar-refractivity contribution in [3.05, 3.63) is 30.1 Å². The van der Waals surface area contributed by atoms with Crippen molar-refractivity contribution in [2.45, 2.75) is 26.8 Å². The van der Waals surface area contributed by atoms with E-state index in [-0.39, 0.29) is 5.92 Å². The van der Waals surface area contributed by atoms with E-state index in [1.54, 1.807) is 0 Å². The summed E-state index contributed by atoms with van der Waals surface area (Å²) in [6, 6.07) is 8.17. The minimum absolute atomic E-state index is 0.188. The maximum absolute atomic E-state index is 5.69. The third-order valence-corrected chi connectivity index (χ3v) is 3.39. The molecule has 1 aromatic carbocycles. The Balaban J connectivity index is 2.46. The number of nitrogens with two attached hydrogens (primary N) is 1. The van der Waals surface area contributed by atoms with Crippen LogP contribution in [0.25, 0.3) is 11.0 Å². The molecule has 0 bridgehead atoms. The van der Waals surface area contributed by atoms with Gasteiger partial charge in [-0.2, -0.15) is 0 Å². The lowest BCUT2D eigenvalue weighted by atomic mass is 10.2. The highest BCUT2D eigenvalue weighted by Gasteiger charge is 2.13. The molecule has 2 N–H and O–H groups in total. The summed E-state index contributed by atoms with van der Waals surface area (Å²) in [6.45, 7) is 4.97. The summed E-state index contributed by atoms with van der Waals surface area (Å²) in [4.78, 5) is 5.18. The van der Waals surface area contributed by atoms with Crippen LogP contribution >= 0.6 is 12.2 Å². The third kappa shape index (κ3) is 2.31. The van der Waals surface area contributed by atoms with E-state index in [9.17, 15) is 0 Å². The molecule has 0 saturated heterocycles. The Hall–Kier alpha value is -1.42.